The van der Waals surface area contributed by atoms with E-state index >= 15 is 0 Å². The number of hydrogen-bond acceptors (Lipinski definition) is 2. The van der Waals surface area contributed by atoms with Crippen LogP contribution in [-0.4, -0.2) is 25.8 Å². The van der Waals surface area contributed by atoms with Crippen molar-refractivity contribution in [1.82, 2.24) is 5.32 Å². The molecule has 1 aliphatic carbocycles. The highest BCUT2D eigenvalue weighted by Crippen LogP contribution is 2.25. The first-order chi connectivity index (χ1) is 8.57. The molecule has 18 heavy (non-hydrogen) atoms. The molecule has 0 aromatic heterocycles. The highest BCUT2D eigenvalue weighted by atomic mass is 16.5. The summed E-state index contributed by atoms with van der Waals surface area (Å²) in [6.07, 6.45) is 11.0. The minimum absolute atomic E-state index is 0.452. The minimum atomic E-state index is 0.452. The van der Waals surface area contributed by atoms with Crippen molar-refractivity contribution in [2.45, 2.75) is 84.3 Å². The van der Waals surface area contributed by atoms with Gasteiger partial charge < -0.3 is 10.1 Å². The molecular formula is C16H33NO. The Morgan fingerprint density at radius 2 is 1.78 bits per heavy atom. The van der Waals surface area contributed by atoms with Crippen molar-refractivity contribution in [2.75, 3.05) is 13.7 Å². The van der Waals surface area contributed by atoms with Gasteiger partial charge in [0.15, 0.2) is 0 Å². The SMILES string of the molecule is CCCCCC(C)(C)CNC1CCC(OC)CC1. The van der Waals surface area contributed by atoms with E-state index in [9.17, 15) is 0 Å². The molecule has 1 rings (SSSR count). The van der Waals surface area contributed by atoms with Crippen LogP contribution in [0.5, 0.6) is 0 Å². The van der Waals surface area contributed by atoms with Gasteiger partial charge >= 0.3 is 0 Å². The Bertz CT molecular complexity index is 207. The molecule has 0 spiro atoms. The third-order valence-electron chi connectivity index (χ3n) is 4.33. The summed E-state index contributed by atoms with van der Waals surface area (Å²) in [5, 5.41) is 3.78. The standard InChI is InChI=1S/C16H33NO/c1-5-6-7-12-16(2,3)13-17-14-8-10-15(18-4)11-9-14/h14-15,17H,5-13H2,1-4H3. The van der Waals surface area contributed by atoms with Gasteiger partial charge in [0.05, 0.1) is 6.10 Å². The zero-order chi connectivity index (χ0) is 13.4. The normalized spacial score (nSPS) is 25.3. The average Bonchev–Trinajstić information content (AvgIpc) is 2.37. The lowest BCUT2D eigenvalue weighted by Gasteiger charge is -2.32. The van der Waals surface area contributed by atoms with E-state index in [0.29, 0.717) is 11.5 Å². The maximum atomic E-state index is 5.42. The molecule has 0 bridgehead atoms. The second-order valence-corrected chi connectivity index (χ2v) is 6.71. The van der Waals surface area contributed by atoms with Crippen LogP contribution < -0.4 is 5.32 Å². The van der Waals surface area contributed by atoms with Crippen molar-refractivity contribution in [3.63, 3.8) is 0 Å². The molecule has 0 aliphatic heterocycles. The van der Waals surface area contributed by atoms with Crippen LogP contribution in [0.4, 0.5) is 0 Å². The lowest BCUT2D eigenvalue weighted by Crippen LogP contribution is -2.40. The zero-order valence-corrected chi connectivity index (χ0v) is 12.9. The monoisotopic (exact) mass is 255 g/mol. The maximum Gasteiger partial charge on any atom is 0.0572 e. The lowest BCUT2D eigenvalue weighted by atomic mass is 9.85. The molecule has 0 saturated heterocycles. The minimum Gasteiger partial charge on any atom is -0.381 e. The average molecular weight is 255 g/mol. The molecule has 0 atom stereocenters. The Hall–Kier alpha value is -0.0800. The number of rotatable bonds is 8. The summed E-state index contributed by atoms with van der Waals surface area (Å²) in [5.74, 6) is 0. The fourth-order valence-electron chi connectivity index (χ4n) is 2.87. The van der Waals surface area contributed by atoms with E-state index in [1.165, 1.54) is 57.9 Å². The highest BCUT2D eigenvalue weighted by Gasteiger charge is 2.23. The van der Waals surface area contributed by atoms with Crippen LogP contribution >= 0.6 is 0 Å². The van der Waals surface area contributed by atoms with E-state index in [1.807, 2.05) is 7.11 Å². The second-order valence-electron chi connectivity index (χ2n) is 6.71. The summed E-state index contributed by atoms with van der Waals surface area (Å²) in [6.45, 7) is 8.24. The third kappa shape index (κ3) is 6.19. The van der Waals surface area contributed by atoms with Crippen LogP contribution in [0.2, 0.25) is 0 Å². The smallest absolute Gasteiger partial charge is 0.0572 e. The van der Waals surface area contributed by atoms with Crippen LogP contribution in [0.15, 0.2) is 0 Å². The molecule has 1 N–H and O–H groups in total. The van der Waals surface area contributed by atoms with Gasteiger partial charge in [0, 0.05) is 19.7 Å². The molecule has 0 heterocycles. The molecule has 0 aromatic carbocycles. The fourth-order valence-corrected chi connectivity index (χ4v) is 2.87. The van der Waals surface area contributed by atoms with Gasteiger partial charge in [-0.25, -0.2) is 0 Å². The van der Waals surface area contributed by atoms with Crippen LogP contribution in [0.25, 0.3) is 0 Å². The van der Waals surface area contributed by atoms with Crippen LogP contribution in [0.3, 0.4) is 0 Å². The van der Waals surface area contributed by atoms with Crippen molar-refractivity contribution < 1.29 is 4.74 Å². The summed E-state index contributed by atoms with van der Waals surface area (Å²) < 4.78 is 5.42. The first kappa shape index (κ1) is 16.0. The van der Waals surface area contributed by atoms with Gasteiger partial charge in [-0.15, -0.1) is 0 Å². The second kappa shape index (κ2) is 8.16. The summed E-state index contributed by atoms with van der Waals surface area (Å²) in [6, 6.07) is 0.724. The van der Waals surface area contributed by atoms with Gasteiger partial charge in [-0.2, -0.15) is 0 Å². The van der Waals surface area contributed by atoms with E-state index in [4.69, 9.17) is 4.74 Å². The molecule has 1 fully saturated rings. The van der Waals surface area contributed by atoms with E-state index in [-0.39, 0.29) is 0 Å². The number of methoxy groups -OCH3 is 1. The van der Waals surface area contributed by atoms with Crippen molar-refractivity contribution >= 4 is 0 Å². The molecule has 2 nitrogen and oxygen atoms in total. The fraction of sp³-hybridized carbons (Fsp3) is 1.00. The molecule has 1 aliphatic rings. The largest absolute Gasteiger partial charge is 0.381 e. The van der Waals surface area contributed by atoms with Gasteiger partial charge in [-0.05, 0) is 37.5 Å². The molecule has 108 valence electrons. The predicted octanol–water partition coefficient (Wildman–Crippen LogP) is 4.14. The Labute approximate surface area is 114 Å². The molecule has 0 unspecified atom stereocenters. The van der Waals surface area contributed by atoms with Gasteiger partial charge in [0.25, 0.3) is 0 Å². The number of hydrogen-bond donors (Lipinski definition) is 1. The quantitative estimate of drug-likeness (QED) is 0.658. The third-order valence-corrected chi connectivity index (χ3v) is 4.33. The predicted molar refractivity (Wildman–Crippen MR) is 79.0 cm³/mol. The van der Waals surface area contributed by atoms with Crippen molar-refractivity contribution in [1.29, 1.82) is 0 Å². The van der Waals surface area contributed by atoms with E-state index in [0.717, 1.165) is 6.04 Å². The summed E-state index contributed by atoms with van der Waals surface area (Å²) in [4.78, 5) is 0. The number of ether oxygens (including phenoxy) is 1. The summed E-state index contributed by atoms with van der Waals surface area (Å²) in [7, 11) is 1.84. The van der Waals surface area contributed by atoms with Crippen molar-refractivity contribution in [2.24, 2.45) is 5.41 Å². The van der Waals surface area contributed by atoms with Gasteiger partial charge in [0.1, 0.15) is 0 Å². The number of unbranched alkanes of at least 4 members (excludes halogenated alkanes) is 2. The van der Waals surface area contributed by atoms with Crippen molar-refractivity contribution in [3.05, 3.63) is 0 Å². The van der Waals surface area contributed by atoms with E-state index < -0.39 is 0 Å². The zero-order valence-electron chi connectivity index (χ0n) is 12.9. The molecule has 2 heteroatoms. The maximum absolute atomic E-state index is 5.42. The Balaban J connectivity index is 2.15. The van der Waals surface area contributed by atoms with E-state index in [1.54, 1.807) is 0 Å². The molecule has 0 aromatic rings. The lowest BCUT2D eigenvalue weighted by molar-refractivity contribution is 0.0612. The topological polar surface area (TPSA) is 21.3 Å². The molecule has 0 radical (unpaired) electrons. The molecular weight excluding hydrogens is 222 g/mol. The molecule has 1 saturated carbocycles. The van der Waals surface area contributed by atoms with Gasteiger partial charge in [0.2, 0.25) is 0 Å². The van der Waals surface area contributed by atoms with Crippen LogP contribution in [0.1, 0.15) is 72.1 Å². The Morgan fingerprint density at radius 1 is 1.11 bits per heavy atom. The summed E-state index contributed by atoms with van der Waals surface area (Å²) >= 11 is 0. The first-order valence-corrected chi connectivity index (χ1v) is 7.83. The van der Waals surface area contributed by atoms with Crippen molar-refractivity contribution in [3.8, 4) is 0 Å². The first-order valence-electron chi connectivity index (χ1n) is 7.83. The van der Waals surface area contributed by atoms with Crippen LogP contribution in [-0.2, 0) is 4.74 Å². The Kier molecular flexibility index (Phi) is 7.25. The molecule has 0 amide bonds. The number of nitrogens with one attached hydrogen (secondary N) is 1. The highest BCUT2D eigenvalue weighted by molar-refractivity contribution is 4.80. The van der Waals surface area contributed by atoms with E-state index in [2.05, 4.69) is 26.1 Å². The summed E-state index contributed by atoms with van der Waals surface area (Å²) in [5.41, 5.74) is 0.452. The van der Waals surface area contributed by atoms with Gasteiger partial charge in [-0.1, -0.05) is 40.0 Å². The van der Waals surface area contributed by atoms with Gasteiger partial charge in [-0.3, -0.25) is 0 Å². The Morgan fingerprint density at radius 3 is 2.33 bits per heavy atom. The van der Waals surface area contributed by atoms with Crippen LogP contribution in [0, 0.1) is 5.41 Å².